The minimum Gasteiger partial charge on any atom is -0.481 e. The maximum atomic E-state index is 12.2. The Morgan fingerprint density at radius 3 is 2.47 bits per heavy atom. The van der Waals surface area contributed by atoms with Crippen molar-refractivity contribution in [1.29, 1.82) is 0 Å². The van der Waals surface area contributed by atoms with Gasteiger partial charge in [-0.05, 0) is 13.8 Å². The average Bonchev–Trinajstić information content (AvgIpc) is 2.30. The summed E-state index contributed by atoms with van der Waals surface area (Å²) in [6, 6.07) is -0.277. The number of carboxylic acids is 1. The van der Waals surface area contributed by atoms with Crippen LogP contribution < -0.4 is 0 Å². The minimum atomic E-state index is -0.863. The lowest BCUT2D eigenvalue weighted by Gasteiger charge is -2.35. The molecular formula is C11H20N2O3S. The van der Waals surface area contributed by atoms with Crippen molar-refractivity contribution in [2.75, 3.05) is 31.1 Å². The highest BCUT2D eigenvalue weighted by Gasteiger charge is 2.26. The van der Waals surface area contributed by atoms with E-state index in [0.29, 0.717) is 6.54 Å². The molecule has 0 spiro atoms. The third-order valence-electron chi connectivity index (χ3n) is 2.87. The number of carboxylic acid groups (broad SMARTS) is 1. The molecule has 1 fully saturated rings. The van der Waals surface area contributed by atoms with Gasteiger partial charge in [-0.1, -0.05) is 0 Å². The van der Waals surface area contributed by atoms with Gasteiger partial charge in [-0.15, -0.1) is 0 Å². The largest absolute Gasteiger partial charge is 0.481 e. The maximum absolute atomic E-state index is 12.2. The molecule has 1 atom stereocenters. The molecule has 0 aromatic carbocycles. The first-order valence-electron chi connectivity index (χ1n) is 5.91. The summed E-state index contributed by atoms with van der Waals surface area (Å²) in [5, 5.41) is 8.77. The molecule has 17 heavy (non-hydrogen) atoms. The second-order valence-electron chi connectivity index (χ2n) is 4.11. The van der Waals surface area contributed by atoms with Gasteiger partial charge < -0.3 is 14.9 Å². The zero-order chi connectivity index (χ0) is 12.8. The topological polar surface area (TPSA) is 60.9 Å². The van der Waals surface area contributed by atoms with Crippen LogP contribution in [0.4, 0.5) is 4.79 Å². The van der Waals surface area contributed by atoms with Gasteiger partial charge in [0.15, 0.2) is 0 Å². The van der Waals surface area contributed by atoms with E-state index >= 15 is 0 Å². The van der Waals surface area contributed by atoms with Gasteiger partial charge in [-0.3, -0.25) is 4.79 Å². The number of thioether (sulfide) groups is 1. The van der Waals surface area contributed by atoms with Gasteiger partial charge in [0.25, 0.3) is 0 Å². The fraction of sp³-hybridized carbons (Fsp3) is 0.818. The Morgan fingerprint density at radius 1 is 1.41 bits per heavy atom. The Bertz CT molecular complexity index is 280. The molecule has 0 aromatic heterocycles. The fourth-order valence-electron chi connectivity index (χ4n) is 1.93. The van der Waals surface area contributed by atoms with Crippen molar-refractivity contribution in [3.05, 3.63) is 0 Å². The summed E-state index contributed by atoms with van der Waals surface area (Å²) in [4.78, 5) is 26.3. The molecule has 0 aliphatic carbocycles. The van der Waals surface area contributed by atoms with E-state index in [2.05, 4.69) is 0 Å². The van der Waals surface area contributed by atoms with Crippen LogP contribution in [0.3, 0.4) is 0 Å². The molecule has 1 unspecified atom stereocenters. The highest BCUT2D eigenvalue weighted by atomic mass is 32.2. The van der Waals surface area contributed by atoms with Crippen molar-refractivity contribution >= 4 is 23.8 Å². The van der Waals surface area contributed by atoms with Crippen LogP contribution in [0.1, 0.15) is 20.3 Å². The third kappa shape index (κ3) is 4.11. The van der Waals surface area contributed by atoms with Crippen molar-refractivity contribution in [2.45, 2.75) is 26.3 Å². The number of urea groups is 1. The number of carbonyl (C=O) groups excluding carboxylic acids is 1. The van der Waals surface area contributed by atoms with Crippen molar-refractivity contribution in [2.24, 2.45) is 0 Å². The Kier molecular flexibility index (Phi) is 5.61. The Morgan fingerprint density at radius 2 is 2.00 bits per heavy atom. The molecule has 1 aliphatic heterocycles. The Labute approximate surface area is 106 Å². The van der Waals surface area contributed by atoms with Gasteiger partial charge in [0, 0.05) is 37.2 Å². The molecule has 1 heterocycles. The Balaban J connectivity index is 2.58. The SMILES string of the molecule is CCN(C(=O)N1CCSCC1)C(C)CC(=O)O. The van der Waals surface area contributed by atoms with E-state index in [1.807, 2.05) is 23.6 Å². The summed E-state index contributed by atoms with van der Waals surface area (Å²) in [5.74, 6) is 1.07. The number of hydrogen-bond acceptors (Lipinski definition) is 3. The van der Waals surface area contributed by atoms with Gasteiger partial charge in [-0.25, -0.2) is 4.79 Å². The maximum Gasteiger partial charge on any atom is 0.320 e. The van der Waals surface area contributed by atoms with Crippen LogP contribution >= 0.6 is 11.8 Å². The standard InChI is InChI=1S/C11H20N2O3S/c1-3-13(9(2)8-10(14)15)11(16)12-4-6-17-7-5-12/h9H,3-8H2,1-2H3,(H,14,15). The molecule has 1 saturated heterocycles. The molecule has 0 saturated carbocycles. The predicted octanol–water partition coefficient (Wildman–Crippen LogP) is 1.34. The summed E-state index contributed by atoms with van der Waals surface area (Å²) < 4.78 is 0. The summed E-state index contributed by atoms with van der Waals surface area (Å²) in [7, 11) is 0. The minimum absolute atomic E-state index is 0.00215. The van der Waals surface area contributed by atoms with Gasteiger partial charge in [0.1, 0.15) is 0 Å². The Hall–Kier alpha value is -0.910. The lowest BCUT2D eigenvalue weighted by atomic mass is 10.2. The molecule has 0 bridgehead atoms. The molecule has 0 radical (unpaired) electrons. The monoisotopic (exact) mass is 260 g/mol. The average molecular weight is 260 g/mol. The highest BCUT2D eigenvalue weighted by Crippen LogP contribution is 2.14. The van der Waals surface area contributed by atoms with Gasteiger partial charge >= 0.3 is 12.0 Å². The first-order valence-corrected chi connectivity index (χ1v) is 7.06. The van der Waals surface area contributed by atoms with Gasteiger partial charge in [-0.2, -0.15) is 11.8 Å². The number of carbonyl (C=O) groups is 2. The van der Waals surface area contributed by atoms with E-state index in [1.54, 1.807) is 11.8 Å². The van der Waals surface area contributed by atoms with E-state index in [9.17, 15) is 9.59 Å². The summed E-state index contributed by atoms with van der Waals surface area (Å²) in [5.41, 5.74) is 0. The zero-order valence-corrected chi connectivity index (χ0v) is 11.2. The normalized spacial score (nSPS) is 17.6. The summed E-state index contributed by atoms with van der Waals surface area (Å²) in [6.45, 7) is 5.75. The fourth-order valence-corrected chi connectivity index (χ4v) is 2.84. The molecule has 1 N–H and O–H groups in total. The van der Waals surface area contributed by atoms with E-state index < -0.39 is 5.97 Å². The molecule has 1 aliphatic rings. The van der Waals surface area contributed by atoms with E-state index in [0.717, 1.165) is 24.6 Å². The van der Waals surface area contributed by atoms with Crippen molar-refractivity contribution in [1.82, 2.24) is 9.80 Å². The van der Waals surface area contributed by atoms with E-state index in [4.69, 9.17) is 5.11 Å². The summed E-state index contributed by atoms with van der Waals surface area (Å²) in [6.07, 6.45) is 0.00215. The van der Waals surface area contributed by atoms with E-state index in [1.165, 1.54) is 0 Å². The predicted molar refractivity (Wildman–Crippen MR) is 68.4 cm³/mol. The third-order valence-corrected chi connectivity index (χ3v) is 3.81. The number of nitrogens with zero attached hydrogens (tertiary/aromatic N) is 2. The second kappa shape index (κ2) is 6.74. The zero-order valence-electron chi connectivity index (χ0n) is 10.4. The first kappa shape index (κ1) is 14.2. The van der Waals surface area contributed by atoms with Crippen LogP contribution in [0.25, 0.3) is 0 Å². The van der Waals surface area contributed by atoms with Crippen LogP contribution in [-0.4, -0.2) is 64.1 Å². The number of rotatable bonds is 4. The number of amides is 2. The van der Waals surface area contributed by atoms with Crippen molar-refractivity contribution < 1.29 is 14.7 Å². The smallest absolute Gasteiger partial charge is 0.320 e. The molecule has 5 nitrogen and oxygen atoms in total. The van der Waals surface area contributed by atoms with Crippen LogP contribution in [0.15, 0.2) is 0 Å². The lowest BCUT2D eigenvalue weighted by molar-refractivity contribution is -0.138. The number of hydrogen-bond donors (Lipinski definition) is 1. The van der Waals surface area contributed by atoms with Crippen molar-refractivity contribution in [3.8, 4) is 0 Å². The van der Waals surface area contributed by atoms with Gasteiger partial charge in [0.2, 0.25) is 0 Å². The molecular weight excluding hydrogens is 240 g/mol. The van der Waals surface area contributed by atoms with Gasteiger partial charge in [0.05, 0.1) is 6.42 Å². The second-order valence-corrected chi connectivity index (χ2v) is 5.34. The van der Waals surface area contributed by atoms with Crippen LogP contribution in [-0.2, 0) is 4.79 Å². The number of aliphatic carboxylic acids is 1. The van der Waals surface area contributed by atoms with Crippen LogP contribution in [0, 0.1) is 0 Å². The van der Waals surface area contributed by atoms with Crippen LogP contribution in [0.5, 0.6) is 0 Å². The molecule has 98 valence electrons. The molecule has 1 rings (SSSR count). The first-order chi connectivity index (χ1) is 8.06. The summed E-state index contributed by atoms with van der Waals surface area (Å²) >= 11 is 1.85. The highest BCUT2D eigenvalue weighted by molar-refractivity contribution is 7.99. The quantitative estimate of drug-likeness (QED) is 0.828. The molecule has 0 aromatic rings. The van der Waals surface area contributed by atoms with E-state index in [-0.39, 0.29) is 18.5 Å². The lowest BCUT2D eigenvalue weighted by Crippen LogP contribution is -2.50. The van der Waals surface area contributed by atoms with Crippen LogP contribution in [0.2, 0.25) is 0 Å². The van der Waals surface area contributed by atoms with Crippen molar-refractivity contribution in [3.63, 3.8) is 0 Å². The molecule has 2 amide bonds. The molecule has 6 heteroatoms.